The van der Waals surface area contributed by atoms with Crippen LogP contribution in [-0.2, 0) is 0 Å². The zero-order valence-corrected chi connectivity index (χ0v) is 8.66. The lowest BCUT2D eigenvalue weighted by atomic mass is 10.1. The maximum Gasteiger partial charge on any atom is 0.0137 e. The zero-order valence-electron chi connectivity index (χ0n) is 8.66. The average molecular weight is 187 g/mol. The second-order valence-electron chi connectivity index (χ2n) is 4.14. The van der Waals surface area contributed by atoms with Crippen LogP contribution in [0.5, 0.6) is 0 Å². The fourth-order valence-electron chi connectivity index (χ4n) is 1.66. The average Bonchev–Trinajstić information content (AvgIpc) is 3.01. The fraction of sp³-hybridized carbons (Fsp3) is 0.385. The van der Waals surface area contributed by atoms with Crippen LogP contribution in [0, 0.1) is 0 Å². The molecule has 0 saturated heterocycles. The molecule has 2 rings (SSSR count). The van der Waals surface area contributed by atoms with Crippen LogP contribution in [0.2, 0.25) is 0 Å². The van der Waals surface area contributed by atoms with Gasteiger partial charge in [-0.25, -0.2) is 0 Å². The van der Waals surface area contributed by atoms with Crippen LogP contribution in [0.15, 0.2) is 29.8 Å². The Bertz CT molecular complexity index is 348. The third-order valence-electron chi connectivity index (χ3n) is 2.69. The zero-order chi connectivity index (χ0) is 9.97. The second kappa shape index (κ2) is 3.97. The van der Waals surface area contributed by atoms with E-state index in [9.17, 15) is 0 Å². The van der Waals surface area contributed by atoms with Gasteiger partial charge in [0.2, 0.25) is 0 Å². The highest BCUT2D eigenvalue weighted by molar-refractivity contribution is 5.54. The van der Waals surface area contributed by atoms with Crippen molar-refractivity contribution in [1.82, 2.24) is 0 Å². The summed E-state index contributed by atoms with van der Waals surface area (Å²) in [6.45, 7) is 2.72. The molecule has 0 unspecified atom stereocenters. The quantitative estimate of drug-likeness (QED) is 0.773. The van der Waals surface area contributed by atoms with E-state index in [0.717, 1.165) is 5.92 Å². The summed E-state index contributed by atoms with van der Waals surface area (Å²) < 4.78 is 0. The Morgan fingerprint density at radius 2 is 2.29 bits per heavy atom. The number of hydrogen-bond donors (Lipinski definition) is 1. The van der Waals surface area contributed by atoms with Crippen molar-refractivity contribution in [2.75, 3.05) is 6.54 Å². The third-order valence-corrected chi connectivity index (χ3v) is 2.69. The SMILES string of the molecule is CC(=Cc1cccc(C2CC2)c1)CN. The molecule has 1 saturated carbocycles. The molecule has 0 amide bonds. The molecule has 0 radical (unpaired) electrons. The number of rotatable bonds is 3. The topological polar surface area (TPSA) is 26.0 Å². The van der Waals surface area contributed by atoms with Gasteiger partial charge in [0, 0.05) is 6.54 Å². The molecule has 0 atom stereocenters. The predicted octanol–water partition coefficient (Wildman–Crippen LogP) is 2.93. The normalized spacial score (nSPS) is 17.1. The summed E-state index contributed by atoms with van der Waals surface area (Å²) in [5.41, 5.74) is 9.57. The van der Waals surface area contributed by atoms with Crippen LogP contribution in [-0.4, -0.2) is 6.54 Å². The van der Waals surface area contributed by atoms with E-state index < -0.39 is 0 Å². The molecular weight excluding hydrogens is 170 g/mol. The first kappa shape index (κ1) is 9.47. The summed E-state index contributed by atoms with van der Waals surface area (Å²) in [6, 6.07) is 8.80. The highest BCUT2D eigenvalue weighted by atomic mass is 14.5. The maximum absolute atomic E-state index is 5.56. The van der Waals surface area contributed by atoms with E-state index in [2.05, 4.69) is 37.3 Å². The van der Waals surface area contributed by atoms with E-state index in [4.69, 9.17) is 5.73 Å². The monoisotopic (exact) mass is 187 g/mol. The Balaban J connectivity index is 2.21. The van der Waals surface area contributed by atoms with E-state index >= 15 is 0 Å². The van der Waals surface area contributed by atoms with Crippen LogP contribution in [0.1, 0.15) is 36.8 Å². The molecule has 1 nitrogen and oxygen atoms in total. The van der Waals surface area contributed by atoms with Crippen molar-refractivity contribution in [2.24, 2.45) is 5.73 Å². The highest BCUT2D eigenvalue weighted by Crippen LogP contribution is 2.40. The van der Waals surface area contributed by atoms with Crippen LogP contribution < -0.4 is 5.73 Å². The minimum absolute atomic E-state index is 0.646. The minimum Gasteiger partial charge on any atom is -0.327 e. The largest absolute Gasteiger partial charge is 0.327 e. The Labute approximate surface area is 85.6 Å². The van der Waals surface area contributed by atoms with Crippen LogP contribution in [0.25, 0.3) is 6.08 Å². The van der Waals surface area contributed by atoms with E-state index in [-0.39, 0.29) is 0 Å². The van der Waals surface area contributed by atoms with Gasteiger partial charge in [-0.2, -0.15) is 0 Å². The fourth-order valence-corrected chi connectivity index (χ4v) is 1.66. The first-order valence-corrected chi connectivity index (χ1v) is 5.27. The lowest BCUT2D eigenvalue weighted by Crippen LogP contribution is -1.99. The molecule has 0 aliphatic heterocycles. The minimum atomic E-state index is 0.646. The highest BCUT2D eigenvalue weighted by Gasteiger charge is 2.22. The van der Waals surface area contributed by atoms with Gasteiger partial charge >= 0.3 is 0 Å². The molecule has 0 spiro atoms. The number of nitrogens with two attached hydrogens (primary N) is 1. The molecule has 1 aromatic rings. The molecule has 1 aromatic carbocycles. The van der Waals surface area contributed by atoms with Gasteiger partial charge in [0.15, 0.2) is 0 Å². The maximum atomic E-state index is 5.56. The van der Waals surface area contributed by atoms with Crippen molar-refractivity contribution in [1.29, 1.82) is 0 Å². The van der Waals surface area contributed by atoms with Gasteiger partial charge in [0.05, 0.1) is 0 Å². The Morgan fingerprint density at radius 3 is 2.93 bits per heavy atom. The molecule has 2 N–H and O–H groups in total. The molecular formula is C13H17N. The summed E-state index contributed by atoms with van der Waals surface area (Å²) in [4.78, 5) is 0. The second-order valence-corrected chi connectivity index (χ2v) is 4.14. The van der Waals surface area contributed by atoms with Gasteiger partial charge in [0.1, 0.15) is 0 Å². The van der Waals surface area contributed by atoms with E-state index in [1.807, 2.05) is 0 Å². The summed E-state index contributed by atoms with van der Waals surface area (Å²) >= 11 is 0. The Hall–Kier alpha value is -1.08. The third kappa shape index (κ3) is 2.24. The van der Waals surface area contributed by atoms with Gasteiger partial charge in [-0.05, 0) is 36.8 Å². The molecule has 74 valence electrons. The standard InChI is InChI=1S/C13H17N/c1-10(9-14)7-11-3-2-4-13(8-11)12-5-6-12/h2-4,7-8,12H,5-6,9,14H2,1H3. The van der Waals surface area contributed by atoms with Crippen LogP contribution >= 0.6 is 0 Å². The molecule has 0 heterocycles. The van der Waals surface area contributed by atoms with E-state index in [1.54, 1.807) is 0 Å². The molecule has 0 bridgehead atoms. The van der Waals surface area contributed by atoms with Crippen molar-refractivity contribution < 1.29 is 0 Å². The predicted molar refractivity (Wildman–Crippen MR) is 61.1 cm³/mol. The lowest BCUT2D eigenvalue weighted by Gasteiger charge is -2.01. The first-order chi connectivity index (χ1) is 6.79. The van der Waals surface area contributed by atoms with Crippen LogP contribution in [0.4, 0.5) is 0 Å². The summed E-state index contributed by atoms with van der Waals surface area (Å²) in [7, 11) is 0. The van der Waals surface area contributed by atoms with Crippen molar-refractivity contribution in [3.8, 4) is 0 Å². The molecule has 1 fully saturated rings. The van der Waals surface area contributed by atoms with Crippen LogP contribution in [0.3, 0.4) is 0 Å². The first-order valence-electron chi connectivity index (χ1n) is 5.27. The summed E-state index contributed by atoms with van der Waals surface area (Å²) in [5, 5.41) is 0. The van der Waals surface area contributed by atoms with Gasteiger partial charge < -0.3 is 5.73 Å². The Kier molecular flexibility index (Phi) is 2.69. The van der Waals surface area contributed by atoms with Crippen molar-refractivity contribution >= 4 is 6.08 Å². The van der Waals surface area contributed by atoms with Crippen molar-refractivity contribution in [3.63, 3.8) is 0 Å². The lowest BCUT2D eigenvalue weighted by molar-refractivity contribution is 1.12. The van der Waals surface area contributed by atoms with Gasteiger partial charge in [-0.1, -0.05) is 35.9 Å². The van der Waals surface area contributed by atoms with Gasteiger partial charge in [0.25, 0.3) is 0 Å². The number of hydrogen-bond acceptors (Lipinski definition) is 1. The van der Waals surface area contributed by atoms with E-state index in [0.29, 0.717) is 6.54 Å². The molecule has 1 heteroatoms. The Morgan fingerprint density at radius 1 is 1.50 bits per heavy atom. The van der Waals surface area contributed by atoms with Gasteiger partial charge in [-0.15, -0.1) is 0 Å². The van der Waals surface area contributed by atoms with E-state index in [1.165, 1.54) is 29.5 Å². The van der Waals surface area contributed by atoms with Gasteiger partial charge in [-0.3, -0.25) is 0 Å². The smallest absolute Gasteiger partial charge is 0.0137 e. The molecule has 1 aliphatic carbocycles. The van der Waals surface area contributed by atoms with Crippen molar-refractivity contribution in [2.45, 2.75) is 25.7 Å². The summed E-state index contributed by atoms with van der Waals surface area (Å²) in [5.74, 6) is 0.835. The molecule has 0 aromatic heterocycles. The molecule has 14 heavy (non-hydrogen) atoms. The summed E-state index contributed by atoms with van der Waals surface area (Å²) in [6.07, 6.45) is 4.90. The van der Waals surface area contributed by atoms with Crippen molar-refractivity contribution in [3.05, 3.63) is 41.0 Å². The number of benzene rings is 1. The molecule has 1 aliphatic rings.